The fraction of sp³-hybridized carbons (Fsp3) is 0.222. The predicted octanol–water partition coefficient (Wildman–Crippen LogP) is 2.22. The van der Waals surface area contributed by atoms with Gasteiger partial charge in [-0.2, -0.15) is 0 Å². The first-order valence-corrected chi connectivity index (χ1v) is 7.49. The van der Waals surface area contributed by atoms with E-state index in [1.807, 2.05) is 0 Å². The second kappa shape index (κ2) is 5.70. The zero-order valence-electron chi connectivity index (χ0n) is 8.74. The lowest BCUT2D eigenvalue weighted by atomic mass is 10.2. The first-order valence-electron chi connectivity index (χ1n) is 4.34. The number of esters is 1. The Balaban J connectivity index is 3.11. The minimum Gasteiger partial charge on any atom is -0.465 e. The Kier molecular flexibility index (Phi) is 4.79. The van der Waals surface area contributed by atoms with Gasteiger partial charge in [0.05, 0.1) is 23.4 Å². The van der Waals surface area contributed by atoms with E-state index >= 15 is 0 Å². The van der Waals surface area contributed by atoms with Crippen LogP contribution in [0.5, 0.6) is 0 Å². The van der Waals surface area contributed by atoms with Crippen LogP contribution in [0, 0.1) is 0 Å². The zero-order chi connectivity index (χ0) is 13.1. The highest BCUT2D eigenvalue weighted by Crippen LogP contribution is 2.24. The van der Waals surface area contributed by atoms with Crippen molar-refractivity contribution in [2.24, 2.45) is 0 Å². The van der Waals surface area contributed by atoms with Gasteiger partial charge in [0.2, 0.25) is 10.0 Å². The summed E-state index contributed by atoms with van der Waals surface area (Å²) in [5.41, 5.74) is 0.346. The standard InChI is InChI=1S/C9H9BrClNO4S/c1-16-9(13)6-2-3-7(11)8(4-6)12-17(14,15)5-10/h2-4,12H,5H2,1H3. The van der Waals surface area contributed by atoms with Crippen LogP contribution >= 0.6 is 27.5 Å². The van der Waals surface area contributed by atoms with Crippen LogP contribution in [-0.4, -0.2) is 26.2 Å². The van der Waals surface area contributed by atoms with Crippen molar-refractivity contribution in [3.63, 3.8) is 0 Å². The molecule has 8 heteroatoms. The molecule has 0 aliphatic rings. The highest BCUT2D eigenvalue weighted by Gasteiger charge is 2.13. The monoisotopic (exact) mass is 341 g/mol. The number of ether oxygens (including phenoxy) is 1. The maximum Gasteiger partial charge on any atom is 0.337 e. The first-order chi connectivity index (χ1) is 7.89. The first kappa shape index (κ1) is 14.3. The predicted molar refractivity (Wildman–Crippen MR) is 69.1 cm³/mol. The molecule has 17 heavy (non-hydrogen) atoms. The van der Waals surface area contributed by atoms with Crippen LogP contribution in [0.3, 0.4) is 0 Å². The molecule has 1 aromatic carbocycles. The van der Waals surface area contributed by atoms with E-state index in [1.165, 1.54) is 25.3 Å². The van der Waals surface area contributed by atoms with Crippen LogP contribution in [0.15, 0.2) is 18.2 Å². The van der Waals surface area contributed by atoms with E-state index in [4.69, 9.17) is 11.6 Å². The third-order valence-electron chi connectivity index (χ3n) is 1.80. The van der Waals surface area contributed by atoms with E-state index in [0.717, 1.165) is 0 Å². The van der Waals surface area contributed by atoms with E-state index in [2.05, 4.69) is 25.4 Å². The van der Waals surface area contributed by atoms with Crippen molar-refractivity contribution in [3.8, 4) is 0 Å². The van der Waals surface area contributed by atoms with Gasteiger partial charge in [-0.15, -0.1) is 0 Å². The summed E-state index contributed by atoms with van der Waals surface area (Å²) in [5.74, 6) is -0.569. The average molecular weight is 343 g/mol. The van der Waals surface area contributed by atoms with Gasteiger partial charge in [0, 0.05) is 0 Å². The Hall–Kier alpha value is -0.790. The molecular formula is C9H9BrClNO4S. The number of methoxy groups -OCH3 is 1. The van der Waals surface area contributed by atoms with Crippen molar-refractivity contribution in [1.29, 1.82) is 0 Å². The van der Waals surface area contributed by atoms with Gasteiger partial charge in [-0.25, -0.2) is 13.2 Å². The third kappa shape index (κ3) is 3.86. The molecule has 0 spiro atoms. The zero-order valence-corrected chi connectivity index (χ0v) is 11.9. The number of anilines is 1. The number of halogens is 2. The number of sulfonamides is 1. The van der Waals surface area contributed by atoms with E-state index in [0.29, 0.717) is 0 Å². The number of benzene rings is 1. The van der Waals surface area contributed by atoms with Crippen molar-refractivity contribution in [2.45, 2.75) is 0 Å². The maximum absolute atomic E-state index is 11.3. The van der Waals surface area contributed by atoms with Crippen LogP contribution in [-0.2, 0) is 14.8 Å². The molecule has 0 radical (unpaired) electrons. The Morgan fingerprint density at radius 1 is 1.53 bits per heavy atom. The lowest BCUT2D eigenvalue weighted by Crippen LogP contribution is -2.14. The number of carbonyl (C=O) groups excluding carboxylic acids is 1. The van der Waals surface area contributed by atoms with Gasteiger partial charge in [0.25, 0.3) is 0 Å². The molecule has 0 amide bonds. The van der Waals surface area contributed by atoms with Gasteiger partial charge >= 0.3 is 5.97 Å². The van der Waals surface area contributed by atoms with Crippen molar-refractivity contribution >= 4 is 49.2 Å². The SMILES string of the molecule is COC(=O)c1ccc(Cl)c(NS(=O)(=O)CBr)c1. The number of hydrogen-bond donors (Lipinski definition) is 1. The van der Waals surface area contributed by atoms with Crippen molar-refractivity contribution in [1.82, 2.24) is 0 Å². The van der Waals surface area contributed by atoms with Gasteiger partial charge in [-0.3, -0.25) is 4.72 Å². The highest BCUT2D eigenvalue weighted by atomic mass is 79.9. The third-order valence-corrected chi connectivity index (χ3v) is 4.75. The Morgan fingerprint density at radius 2 is 2.18 bits per heavy atom. The summed E-state index contributed by atoms with van der Waals surface area (Å²) in [5, 5.41) is 0.196. The lowest BCUT2D eigenvalue weighted by Gasteiger charge is -2.08. The fourth-order valence-electron chi connectivity index (χ4n) is 1.04. The molecule has 5 nitrogen and oxygen atoms in total. The van der Waals surface area contributed by atoms with Crippen molar-refractivity contribution < 1.29 is 17.9 Å². The second-order valence-corrected chi connectivity index (χ2v) is 6.44. The van der Waals surface area contributed by atoms with Crippen LogP contribution in [0.25, 0.3) is 0 Å². The molecule has 0 atom stereocenters. The normalized spacial score (nSPS) is 11.0. The molecule has 0 bridgehead atoms. The van der Waals surface area contributed by atoms with E-state index < -0.39 is 16.0 Å². The molecule has 1 rings (SSSR count). The van der Waals surface area contributed by atoms with Gasteiger partial charge in [0.15, 0.2) is 0 Å². The van der Waals surface area contributed by atoms with Crippen LogP contribution in [0.2, 0.25) is 5.02 Å². The van der Waals surface area contributed by atoms with E-state index in [9.17, 15) is 13.2 Å². The minimum absolute atomic E-state index is 0.133. The molecule has 0 aromatic heterocycles. The average Bonchev–Trinajstić information content (AvgIpc) is 2.30. The molecular weight excluding hydrogens is 334 g/mol. The smallest absolute Gasteiger partial charge is 0.337 e. The Labute approximate surface area is 112 Å². The van der Waals surface area contributed by atoms with Crippen LogP contribution < -0.4 is 4.72 Å². The summed E-state index contributed by atoms with van der Waals surface area (Å²) in [4.78, 5) is 11.3. The van der Waals surface area contributed by atoms with Gasteiger partial charge in [0.1, 0.15) is 4.66 Å². The number of hydrogen-bond acceptors (Lipinski definition) is 4. The number of nitrogens with one attached hydrogen (secondary N) is 1. The molecule has 0 saturated carbocycles. The summed E-state index contributed by atoms with van der Waals surface area (Å²) in [6, 6.07) is 4.17. The maximum atomic E-state index is 11.3. The topological polar surface area (TPSA) is 72.5 Å². The lowest BCUT2D eigenvalue weighted by molar-refractivity contribution is 0.0601. The molecule has 0 aliphatic carbocycles. The molecule has 0 saturated heterocycles. The molecule has 0 heterocycles. The number of alkyl halides is 1. The molecule has 0 aliphatic heterocycles. The number of carbonyl (C=O) groups is 1. The van der Waals surface area contributed by atoms with Crippen molar-refractivity contribution in [2.75, 3.05) is 16.5 Å². The van der Waals surface area contributed by atoms with Crippen LogP contribution in [0.1, 0.15) is 10.4 Å². The fourth-order valence-corrected chi connectivity index (χ4v) is 2.17. The molecule has 0 fully saturated rings. The number of rotatable bonds is 4. The largest absolute Gasteiger partial charge is 0.465 e. The van der Waals surface area contributed by atoms with E-state index in [1.54, 1.807) is 0 Å². The highest BCUT2D eigenvalue weighted by molar-refractivity contribution is 9.10. The van der Waals surface area contributed by atoms with Crippen LogP contribution in [0.4, 0.5) is 5.69 Å². The summed E-state index contributed by atoms with van der Waals surface area (Å²) in [6.45, 7) is 0. The Bertz CT molecular complexity index is 532. The Morgan fingerprint density at radius 3 is 2.71 bits per heavy atom. The van der Waals surface area contributed by atoms with E-state index in [-0.39, 0.29) is 20.9 Å². The van der Waals surface area contributed by atoms with Gasteiger partial charge in [-0.05, 0) is 18.2 Å². The van der Waals surface area contributed by atoms with Gasteiger partial charge < -0.3 is 4.74 Å². The minimum atomic E-state index is -3.51. The molecule has 1 N–H and O–H groups in total. The quantitative estimate of drug-likeness (QED) is 0.672. The second-order valence-electron chi connectivity index (χ2n) is 3.01. The van der Waals surface area contributed by atoms with Crippen molar-refractivity contribution in [3.05, 3.63) is 28.8 Å². The van der Waals surface area contributed by atoms with Gasteiger partial charge in [-0.1, -0.05) is 27.5 Å². The molecule has 0 unspecified atom stereocenters. The summed E-state index contributed by atoms with van der Waals surface area (Å²) in [6.07, 6.45) is 0. The summed E-state index contributed by atoms with van der Waals surface area (Å²) < 4.78 is 29.2. The molecule has 1 aromatic rings. The summed E-state index contributed by atoms with van der Waals surface area (Å²) in [7, 11) is -2.28. The molecule has 94 valence electrons. The summed E-state index contributed by atoms with van der Waals surface area (Å²) >= 11 is 8.64.